The van der Waals surface area contributed by atoms with E-state index in [9.17, 15) is 5.11 Å². The first-order valence-electron chi connectivity index (χ1n) is 4.95. The first kappa shape index (κ1) is 10.3. The molecule has 5 heteroatoms. The number of phenols is 1. The van der Waals surface area contributed by atoms with Gasteiger partial charge >= 0.3 is 7.69 Å². The molecule has 1 aliphatic heterocycles. The maximum Gasteiger partial charge on any atom is 0.488 e. The van der Waals surface area contributed by atoms with E-state index in [0.717, 1.165) is 18.8 Å². The number of rotatable bonds is 1. The van der Waals surface area contributed by atoms with Crippen LogP contribution in [0.2, 0.25) is 0 Å². The highest BCUT2D eigenvalue weighted by Gasteiger charge is 2.09. The van der Waals surface area contributed by atoms with Gasteiger partial charge in [-0.3, -0.25) is 0 Å². The fourth-order valence-electron chi connectivity index (χ4n) is 1.50. The second-order valence-corrected chi connectivity index (χ2v) is 3.34. The molecule has 4 nitrogen and oxygen atoms in total. The predicted octanol–water partition coefficient (Wildman–Crippen LogP) is 0.780. The smallest absolute Gasteiger partial charge is 0.488 e. The van der Waals surface area contributed by atoms with Crippen molar-refractivity contribution in [3.63, 3.8) is 0 Å². The molecule has 1 fully saturated rings. The van der Waals surface area contributed by atoms with Gasteiger partial charge < -0.3 is 19.3 Å². The molecule has 1 aromatic carbocycles. The Hall–Kier alpha value is -1.20. The second-order valence-electron chi connectivity index (χ2n) is 3.34. The van der Waals surface area contributed by atoms with Crippen molar-refractivity contribution >= 4 is 13.4 Å². The lowest BCUT2D eigenvalue weighted by molar-refractivity contribution is 0.211. The molecular formula is C10H13BNO3. The Morgan fingerprint density at radius 2 is 1.67 bits per heavy atom. The van der Waals surface area contributed by atoms with Crippen LogP contribution in [0.15, 0.2) is 24.3 Å². The third-order valence-corrected chi connectivity index (χ3v) is 2.31. The molecule has 15 heavy (non-hydrogen) atoms. The third-order valence-electron chi connectivity index (χ3n) is 2.31. The number of hydrogen-bond acceptors (Lipinski definition) is 4. The van der Waals surface area contributed by atoms with E-state index in [1.165, 1.54) is 7.69 Å². The molecule has 0 atom stereocenters. The summed E-state index contributed by atoms with van der Waals surface area (Å²) in [4.78, 5) is 2.16. The van der Waals surface area contributed by atoms with Gasteiger partial charge in [0.1, 0.15) is 5.75 Å². The lowest BCUT2D eigenvalue weighted by atomic mass is 10.2. The number of anilines is 1. The summed E-state index contributed by atoms with van der Waals surface area (Å²) in [5.41, 5.74) is 1.07. The predicted molar refractivity (Wildman–Crippen MR) is 58.0 cm³/mol. The maximum atomic E-state index is 9.18. The van der Waals surface area contributed by atoms with E-state index in [-0.39, 0.29) is 5.75 Å². The minimum Gasteiger partial charge on any atom is -0.508 e. The van der Waals surface area contributed by atoms with Crippen molar-refractivity contribution < 1.29 is 14.4 Å². The molecule has 1 aromatic rings. The van der Waals surface area contributed by atoms with Gasteiger partial charge in [-0.25, -0.2) is 0 Å². The van der Waals surface area contributed by atoms with Crippen LogP contribution in [0.4, 0.5) is 5.69 Å². The highest BCUT2D eigenvalue weighted by molar-refractivity contribution is 6.17. The average molecular weight is 206 g/mol. The monoisotopic (exact) mass is 206 g/mol. The fraction of sp³-hybridized carbons (Fsp3) is 0.400. The van der Waals surface area contributed by atoms with Crippen molar-refractivity contribution in [2.75, 3.05) is 31.2 Å². The topological polar surface area (TPSA) is 41.9 Å². The molecule has 2 rings (SSSR count). The van der Waals surface area contributed by atoms with E-state index in [4.69, 9.17) is 9.31 Å². The molecule has 0 spiro atoms. The molecule has 0 unspecified atom stereocenters. The summed E-state index contributed by atoms with van der Waals surface area (Å²) in [5, 5.41) is 9.18. The molecule has 0 amide bonds. The molecule has 0 saturated carbocycles. The van der Waals surface area contributed by atoms with E-state index in [2.05, 4.69) is 4.90 Å². The van der Waals surface area contributed by atoms with E-state index in [1.54, 1.807) is 12.1 Å². The van der Waals surface area contributed by atoms with Crippen LogP contribution in [0.3, 0.4) is 0 Å². The number of nitrogens with zero attached hydrogens (tertiary/aromatic N) is 1. The molecule has 1 saturated heterocycles. The van der Waals surface area contributed by atoms with Gasteiger partial charge in [-0.1, -0.05) is 0 Å². The molecule has 1 radical (unpaired) electrons. The SMILES string of the molecule is Oc1ccc(N2CCO[B]OCC2)cc1. The van der Waals surface area contributed by atoms with Crippen LogP contribution in [0.5, 0.6) is 5.75 Å². The van der Waals surface area contributed by atoms with Gasteiger partial charge in [0, 0.05) is 32.0 Å². The number of hydrogen-bond donors (Lipinski definition) is 1. The van der Waals surface area contributed by atoms with Gasteiger partial charge in [0.25, 0.3) is 0 Å². The van der Waals surface area contributed by atoms with E-state index >= 15 is 0 Å². The van der Waals surface area contributed by atoms with Crippen molar-refractivity contribution in [2.24, 2.45) is 0 Å². The van der Waals surface area contributed by atoms with Crippen LogP contribution < -0.4 is 4.90 Å². The van der Waals surface area contributed by atoms with Crippen molar-refractivity contribution in [1.82, 2.24) is 0 Å². The molecule has 79 valence electrons. The number of aromatic hydroxyl groups is 1. The zero-order valence-corrected chi connectivity index (χ0v) is 8.43. The van der Waals surface area contributed by atoms with Crippen LogP contribution >= 0.6 is 0 Å². The first-order valence-corrected chi connectivity index (χ1v) is 4.95. The van der Waals surface area contributed by atoms with Gasteiger partial charge in [0.2, 0.25) is 0 Å². The van der Waals surface area contributed by atoms with Gasteiger partial charge in [0.05, 0.1) is 0 Å². The Balaban J connectivity index is 2.03. The Morgan fingerprint density at radius 3 is 2.27 bits per heavy atom. The summed E-state index contributed by atoms with van der Waals surface area (Å²) in [7, 11) is 1.40. The average Bonchev–Trinajstić information content (AvgIpc) is 2.19. The summed E-state index contributed by atoms with van der Waals surface area (Å²) in [6.45, 7) is 2.87. The highest BCUT2D eigenvalue weighted by atomic mass is 16.6. The van der Waals surface area contributed by atoms with Crippen LogP contribution in [0.25, 0.3) is 0 Å². The molecule has 1 N–H and O–H groups in total. The van der Waals surface area contributed by atoms with Crippen LogP contribution in [-0.2, 0) is 9.31 Å². The van der Waals surface area contributed by atoms with Crippen LogP contribution in [0.1, 0.15) is 0 Å². The quantitative estimate of drug-likeness (QED) is 0.689. The third kappa shape index (κ3) is 2.87. The lowest BCUT2D eigenvalue weighted by Gasteiger charge is -2.26. The zero-order valence-electron chi connectivity index (χ0n) is 8.43. The van der Waals surface area contributed by atoms with E-state index in [0.29, 0.717) is 13.2 Å². The van der Waals surface area contributed by atoms with Gasteiger partial charge in [-0.15, -0.1) is 0 Å². The first-order chi connectivity index (χ1) is 7.36. The minimum absolute atomic E-state index is 0.284. The van der Waals surface area contributed by atoms with Crippen LogP contribution in [-0.4, -0.2) is 39.1 Å². The van der Waals surface area contributed by atoms with Crippen molar-refractivity contribution in [3.8, 4) is 5.75 Å². The second kappa shape index (κ2) is 5.05. The van der Waals surface area contributed by atoms with E-state index in [1.807, 2.05) is 12.1 Å². The largest absolute Gasteiger partial charge is 0.508 e. The summed E-state index contributed by atoms with van der Waals surface area (Å²) < 4.78 is 10.2. The molecule has 0 aliphatic carbocycles. The van der Waals surface area contributed by atoms with Gasteiger partial charge in [0.15, 0.2) is 0 Å². The molecule has 1 aliphatic rings. The molecule has 1 heterocycles. The summed E-state index contributed by atoms with van der Waals surface area (Å²) in [6.07, 6.45) is 0. The Bertz CT molecular complexity index is 296. The lowest BCUT2D eigenvalue weighted by Crippen LogP contribution is -2.34. The normalized spacial score (nSPS) is 17.7. The summed E-state index contributed by atoms with van der Waals surface area (Å²) in [5.74, 6) is 0.284. The van der Waals surface area contributed by atoms with Gasteiger partial charge in [-0.05, 0) is 24.3 Å². The van der Waals surface area contributed by atoms with Crippen molar-refractivity contribution in [1.29, 1.82) is 0 Å². The maximum absolute atomic E-state index is 9.18. The van der Waals surface area contributed by atoms with Crippen molar-refractivity contribution in [3.05, 3.63) is 24.3 Å². The number of phenolic OH excluding ortho intramolecular Hbond substituents is 1. The fourth-order valence-corrected chi connectivity index (χ4v) is 1.50. The minimum atomic E-state index is 0.284. The zero-order chi connectivity index (χ0) is 10.5. The Kier molecular flexibility index (Phi) is 3.47. The molecule has 0 aromatic heterocycles. The van der Waals surface area contributed by atoms with Crippen LogP contribution in [0, 0.1) is 0 Å². The summed E-state index contributed by atoms with van der Waals surface area (Å²) >= 11 is 0. The summed E-state index contributed by atoms with van der Waals surface area (Å²) in [6, 6.07) is 7.14. The molecular weight excluding hydrogens is 193 g/mol. The Labute approximate surface area is 89.7 Å². The highest BCUT2D eigenvalue weighted by Crippen LogP contribution is 2.18. The van der Waals surface area contributed by atoms with Gasteiger partial charge in [-0.2, -0.15) is 0 Å². The van der Waals surface area contributed by atoms with Crippen molar-refractivity contribution in [2.45, 2.75) is 0 Å². The molecule has 0 bridgehead atoms. The standard InChI is InChI=1S/C10H13BNO3/c13-10-3-1-9(2-4-10)12-5-7-14-11-15-8-6-12/h1-4,13H,5-8H2. The van der Waals surface area contributed by atoms with E-state index < -0.39 is 0 Å². The Morgan fingerprint density at radius 1 is 1.07 bits per heavy atom. The number of benzene rings is 1.